The lowest BCUT2D eigenvalue weighted by atomic mass is 10.5. The largest absolute Gasteiger partial charge is 0.477 e. The second kappa shape index (κ2) is 4.32. The lowest BCUT2D eigenvalue weighted by molar-refractivity contribution is 0.0686. The lowest BCUT2D eigenvalue weighted by Gasteiger charge is -2.01. The number of carbonyl (C=O) groups is 1. The van der Waals surface area contributed by atoms with Crippen LogP contribution < -0.4 is 0 Å². The highest BCUT2D eigenvalue weighted by atomic mass is 32.2. The summed E-state index contributed by atoms with van der Waals surface area (Å²) in [4.78, 5) is 14.7. The zero-order valence-electron chi connectivity index (χ0n) is 7.65. The van der Waals surface area contributed by atoms with Gasteiger partial charge in [-0.1, -0.05) is 6.92 Å². The van der Waals surface area contributed by atoms with Gasteiger partial charge in [-0.2, -0.15) is 11.8 Å². The summed E-state index contributed by atoms with van der Waals surface area (Å²) in [6.07, 6.45) is 1.40. The van der Waals surface area contributed by atoms with Crippen LogP contribution in [0.1, 0.15) is 23.2 Å². The van der Waals surface area contributed by atoms with Gasteiger partial charge in [-0.15, -0.1) is 0 Å². The Kier molecular flexibility index (Phi) is 3.36. The van der Waals surface area contributed by atoms with Gasteiger partial charge in [-0.05, 0) is 5.75 Å². The van der Waals surface area contributed by atoms with E-state index in [4.69, 9.17) is 5.11 Å². The molecule has 0 aliphatic rings. The van der Waals surface area contributed by atoms with E-state index in [9.17, 15) is 4.79 Å². The van der Waals surface area contributed by atoms with Gasteiger partial charge in [0.05, 0.1) is 11.9 Å². The normalized spacial score (nSPS) is 10.3. The minimum absolute atomic E-state index is 0.242. The van der Waals surface area contributed by atoms with Crippen LogP contribution in [0.25, 0.3) is 0 Å². The maximum absolute atomic E-state index is 10.6. The highest BCUT2D eigenvalue weighted by Gasteiger charge is 2.11. The number of carboxylic acid groups (broad SMARTS) is 1. The van der Waals surface area contributed by atoms with Gasteiger partial charge in [0.1, 0.15) is 11.5 Å². The van der Waals surface area contributed by atoms with E-state index in [0.29, 0.717) is 0 Å². The molecular formula is C8H12N2O2S. The zero-order valence-corrected chi connectivity index (χ0v) is 8.47. The molecule has 0 atom stereocenters. The summed E-state index contributed by atoms with van der Waals surface area (Å²) in [7, 11) is 1.72. The lowest BCUT2D eigenvalue weighted by Crippen LogP contribution is -2.06. The molecule has 0 aromatic carbocycles. The van der Waals surface area contributed by atoms with E-state index in [1.54, 1.807) is 23.4 Å². The van der Waals surface area contributed by atoms with Gasteiger partial charge in [0, 0.05) is 7.05 Å². The van der Waals surface area contributed by atoms with Crippen LogP contribution >= 0.6 is 11.8 Å². The third-order valence-corrected chi connectivity index (χ3v) is 2.61. The molecule has 0 aliphatic carbocycles. The van der Waals surface area contributed by atoms with Crippen molar-refractivity contribution in [1.29, 1.82) is 0 Å². The third kappa shape index (κ3) is 2.24. The van der Waals surface area contributed by atoms with Crippen LogP contribution in [0.2, 0.25) is 0 Å². The van der Waals surface area contributed by atoms with Gasteiger partial charge < -0.3 is 9.67 Å². The number of carboxylic acids is 1. The molecule has 13 heavy (non-hydrogen) atoms. The molecule has 1 aromatic rings. The predicted octanol–water partition coefficient (Wildman–Crippen LogP) is 1.37. The van der Waals surface area contributed by atoms with Crippen molar-refractivity contribution in [3.05, 3.63) is 17.7 Å². The predicted molar refractivity (Wildman–Crippen MR) is 52.0 cm³/mol. The van der Waals surface area contributed by atoms with Crippen molar-refractivity contribution in [2.75, 3.05) is 5.75 Å². The van der Waals surface area contributed by atoms with Crippen LogP contribution in [-0.2, 0) is 12.8 Å². The first-order valence-corrected chi connectivity index (χ1v) is 5.14. The van der Waals surface area contributed by atoms with E-state index in [1.807, 2.05) is 0 Å². The van der Waals surface area contributed by atoms with E-state index >= 15 is 0 Å². The van der Waals surface area contributed by atoms with Crippen LogP contribution in [0.5, 0.6) is 0 Å². The number of aromatic nitrogens is 2. The van der Waals surface area contributed by atoms with Crippen molar-refractivity contribution in [2.45, 2.75) is 12.7 Å². The van der Waals surface area contributed by atoms with Crippen molar-refractivity contribution in [2.24, 2.45) is 7.05 Å². The molecule has 4 nitrogen and oxygen atoms in total. The molecule has 1 N–H and O–H groups in total. The number of thioether (sulfide) groups is 1. The van der Waals surface area contributed by atoms with Crippen molar-refractivity contribution < 1.29 is 9.90 Å². The van der Waals surface area contributed by atoms with Gasteiger partial charge >= 0.3 is 5.97 Å². The highest BCUT2D eigenvalue weighted by molar-refractivity contribution is 7.98. The average molecular weight is 200 g/mol. The summed E-state index contributed by atoms with van der Waals surface area (Å²) in [5.41, 5.74) is 0.242. The first-order valence-electron chi connectivity index (χ1n) is 3.98. The average Bonchev–Trinajstić information content (AvgIpc) is 2.43. The van der Waals surface area contributed by atoms with Gasteiger partial charge in [0.2, 0.25) is 0 Å². The van der Waals surface area contributed by atoms with Crippen molar-refractivity contribution in [1.82, 2.24) is 9.55 Å². The van der Waals surface area contributed by atoms with Crippen LogP contribution in [0.4, 0.5) is 0 Å². The summed E-state index contributed by atoms with van der Waals surface area (Å²) in [6, 6.07) is 0. The highest BCUT2D eigenvalue weighted by Crippen LogP contribution is 2.11. The molecule has 5 heteroatoms. The Hall–Kier alpha value is -0.970. The fourth-order valence-corrected chi connectivity index (χ4v) is 1.63. The molecule has 0 fully saturated rings. The molecule has 0 unspecified atom stereocenters. The Labute approximate surface area is 81.0 Å². The Morgan fingerprint density at radius 1 is 1.77 bits per heavy atom. The fourth-order valence-electron chi connectivity index (χ4n) is 0.974. The number of hydrogen-bond acceptors (Lipinski definition) is 3. The van der Waals surface area contributed by atoms with Crippen LogP contribution in [0, 0.1) is 0 Å². The first kappa shape index (κ1) is 10.1. The Morgan fingerprint density at radius 3 is 2.92 bits per heavy atom. The number of rotatable bonds is 4. The molecule has 0 aliphatic heterocycles. The summed E-state index contributed by atoms with van der Waals surface area (Å²) >= 11 is 1.72. The molecule has 1 aromatic heterocycles. The summed E-state index contributed by atoms with van der Waals surface area (Å²) in [5.74, 6) is 1.65. The zero-order chi connectivity index (χ0) is 9.84. The minimum Gasteiger partial charge on any atom is -0.477 e. The fraction of sp³-hybridized carbons (Fsp3) is 0.500. The molecular weight excluding hydrogens is 188 g/mol. The Morgan fingerprint density at radius 2 is 2.46 bits per heavy atom. The van der Waals surface area contributed by atoms with Crippen LogP contribution in [0.15, 0.2) is 6.20 Å². The summed E-state index contributed by atoms with van der Waals surface area (Å²) in [6.45, 7) is 2.06. The third-order valence-electron chi connectivity index (χ3n) is 1.74. The van der Waals surface area contributed by atoms with Gasteiger partial charge in [-0.25, -0.2) is 9.78 Å². The monoisotopic (exact) mass is 200 g/mol. The van der Waals surface area contributed by atoms with Crippen LogP contribution in [-0.4, -0.2) is 26.4 Å². The van der Waals surface area contributed by atoms with Crippen molar-refractivity contribution in [3.8, 4) is 0 Å². The molecule has 0 saturated carbocycles. The van der Waals surface area contributed by atoms with E-state index in [-0.39, 0.29) is 5.69 Å². The molecule has 0 radical (unpaired) electrons. The summed E-state index contributed by atoms with van der Waals surface area (Å²) < 4.78 is 1.62. The standard InChI is InChI=1S/C8H12N2O2S/c1-3-13-5-7-9-4-6(8(11)12)10(7)2/h4H,3,5H2,1-2H3,(H,11,12). The molecule has 0 bridgehead atoms. The van der Waals surface area contributed by atoms with Gasteiger partial charge in [-0.3, -0.25) is 0 Å². The minimum atomic E-state index is -0.928. The summed E-state index contributed by atoms with van der Waals surface area (Å²) in [5, 5.41) is 8.74. The SMILES string of the molecule is CCSCc1ncc(C(=O)O)n1C. The van der Waals surface area contributed by atoms with E-state index in [2.05, 4.69) is 11.9 Å². The quantitative estimate of drug-likeness (QED) is 0.797. The molecule has 1 heterocycles. The number of hydrogen-bond donors (Lipinski definition) is 1. The maximum Gasteiger partial charge on any atom is 0.354 e. The van der Waals surface area contributed by atoms with E-state index in [0.717, 1.165) is 17.3 Å². The van der Waals surface area contributed by atoms with Crippen molar-refractivity contribution >= 4 is 17.7 Å². The molecule has 0 saturated heterocycles. The number of nitrogens with zero attached hydrogens (tertiary/aromatic N) is 2. The first-order chi connectivity index (χ1) is 6.16. The van der Waals surface area contributed by atoms with Crippen molar-refractivity contribution in [3.63, 3.8) is 0 Å². The number of imidazole rings is 1. The van der Waals surface area contributed by atoms with Crippen LogP contribution in [0.3, 0.4) is 0 Å². The van der Waals surface area contributed by atoms with E-state index < -0.39 is 5.97 Å². The van der Waals surface area contributed by atoms with E-state index in [1.165, 1.54) is 6.20 Å². The Balaban J connectivity index is 2.80. The molecule has 0 amide bonds. The second-order valence-corrected chi connectivity index (χ2v) is 3.84. The topological polar surface area (TPSA) is 55.1 Å². The molecule has 72 valence electrons. The Bertz CT molecular complexity index is 309. The maximum atomic E-state index is 10.6. The smallest absolute Gasteiger partial charge is 0.354 e. The second-order valence-electron chi connectivity index (χ2n) is 2.56. The molecule has 1 rings (SSSR count). The number of aromatic carboxylic acids is 1. The van der Waals surface area contributed by atoms with Gasteiger partial charge in [0.25, 0.3) is 0 Å². The van der Waals surface area contributed by atoms with Gasteiger partial charge in [0.15, 0.2) is 0 Å². The molecule has 0 spiro atoms.